The maximum atomic E-state index is 14.5. The Morgan fingerprint density at radius 3 is 2.23 bits per heavy atom. The first-order valence-corrected chi connectivity index (χ1v) is 8.67. The number of allylic oxidation sites excluding steroid dienone is 2. The Morgan fingerprint density at radius 2 is 1.69 bits per heavy atom. The fourth-order valence-electron chi connectivity index (χ4n) is 3.53. The Bertz CT molecular complexity index is 726. The molecule has 0 aliphatic heterocycles. The predicted octanol–water partition coefficient (Wildman–Crippen LogP) is 4.70. The van der Waals surface area contributed by atoms with Crippen LogP contribution in [0.4, 0.5) is 13.2 Å². The molecule has 1 saturated carbocycles. The molecule has 0 radical (unpaired) electrons. The Hall–Kier alpha value is -1.82. The Morgan fingerprint density at radius 1 is 1.08 bits per heavy atom. The average molecular weight is 370 g/mol. The van der Waals surface area contributed by atoms with Crippen LogP contribution in [0.2, 0.25) is 0 Å². The van der Waals surface area contributed by atoms with Crippen molar-refractivity contribution in [3.63, 3.8) is 0 Å². The van der Waals surface area contributed by atoms with Crippen molar-refractivity contribution < 1.29 is 27.4 Å². The van der Waals surface area contributed by atoms with E-state index < -0.39 is 35.6 Å². The SMILES string of the molecule is CC=C[C@@H]1[C@@H](C(=O)OCc2c(F)c(F)c(COC)c(F)c2CC)C1(C)C. The highest BCUT2D eigenvalue weighted by Crippen LogP contribution is 2.59. The maximum absolute atomic E-state index is 14.5. The molecule has 1 aliphatic rings. The van der Waals surface area contributed by atoms with Gasteiger partial charge < -0.3 is 9.47 Å². The molecule has 0 N–H and O–H groups in total. The van der Waals surface area contributed by atoms with Crippen LogP contribution in [0.25, 0.3) is 0 Å². The topological polar surface area (TPSA) is 35.5 Å². The highest BCUT2D eigenvalue weighted by Gasteiger charge is 2.61. The second kappa shape index (κ2) is 7.82. The first-order valence-electron chi connectivity index (χ1n) is 8.67. The molecule has 1 aliphatic carbocycles. The molecule has 144 valence electrons. The standard InChI is InChI=1S/C20H25F3O3/c1-6-8-14-15(20(14,3)4)19(24)26-10-12-11(7-2)16(21)13(9-25-5)18(23)17(12)22/h6,8,14-15H,7,9-10H2,1-5H3/t14-,15+/m1/s1. The molecule has 26 heavy (non-hydrogen) atoms. The number of methoxy groups -OCH3 is 1. The van der Waals surface area contributed by atoms with Crippen LogP contribution in [0, 0.1) is 34.7 Å². The fraction of sp³-hybridized carbons (Fsp3) is 0.550. The van der Waals surface area contributed by atoms with Gasteiger partial charge in [-0.15, -0.1) is 0 Å². The number of benzene rings is 1. The monoisotopic (exact) mass is 370 g/mol. The van der Waals surface area contributed by atoms with E-state index in [1.165, 1.54) is 7.11 Å². The van der Waals surface area contributed by atoms with Crippen molar-refractivity contribution in [1.29, 1.82) is 0 Å². The van der Waals surface area contributed by atoms with Crippen molar-refractivity contribution >= 4 is 5.97 Å². The van der Waals surface area contributed by atoms with Gasteiger partial charge in [-0.2, -0.15) is 0 Å². The summed E-state index contributed by atoms with van der Waals surface area (Å²) in [6.45, 7) is 6.52. The van der Waals surface area contributed by atoms with Gasteiger partial charge in [-0.1, -0.05) is 32.9 Å². The van der Waals surface area contributed by atoms with Crippen LogP contribution in [-0.4, -0.2) is 13.1 Å². The second-order valence-corrected chi connectivity index (χ2v) is 7.12. The van der Waals surface area contributed by atoms with Gasteiger partial charge in [0.25, 0.3) is 0 Å². The molecule has 1 fully saturated rings. The lowest BCUT2D eigenvalue weighted by Gasteiger charge is -2.15. The van der Waals surface area contributed by atoms with E-state index in [1.54, 1.807) is 6.92 Å². The van der Waals surface area contributed by atoms with Crippen molar-refractivity contribution in [3.8, 4) is 0 Å². The molecule has 0 saturated heterocycles. The third-order valence-corrected chi connectivity index (χ3v) is 5.18. The van der Waals surface area contributed by atoms with Crippen LogP contribution in [-0.2, 0) is 33.9 Å². The number of carbonyl (C=O) groups is 1. The van der Waals surface area contributed by atoms with Crippen molar-refractivity contribution in [2.24, 2.45) is 17.3 Å². The first-order chi connectivity index (χ1) is 12.2. The van der Waals surface area contributed by atoms with Crippen LogP contribution >= 0.6 is 0 Å². The number of hydrogen-bond donors (Lipinski definition) is 0. The van der Waals surface area contributed by atoms with E-state index in [-0.39, 0.29) is 41.4 Å². The largest absolute Gasteiger partial charge is 0.460 e. The van der Waals surface area contributed by atoms with Gasteiger partial charge in [0.2, 0.25) is 0 Å². The predicted molar refractivity (Wildman–Crippen MR) is 91.8 cm³/mol. The lowest BCUT2D eigenvalue weighted by Crippen LogP contribution is -2.15. The molecule has 0 bridgehead atoms. The summed E-state index contributed by atoms with van der Waals surface area (Å²) in [7, 11) is 1.27. The molecule has 2 atom stereocenters. The van der Waals surface area contributed by atoms with Crippen LogP contribution in [0.3, 0.4) is 0 Å². The van der Waals surface area contributed by atoms with E-state index in [0.29, 0.717) is 0 Å². The number of carbonyl (C=O) groups excluding carboxylic acids is 1. The van der Waals surface area contributed by atoms with Crippen LogP contribution in [0.1, 0.15) is 44.4 Å². The van der Waals surface area contributed by atoms with Gasteiger partial charge >= 0.3 is 5.97 Å². The summed E-state index contributed by atoms with van der Waals surface area (Å²) in [5, 5.41) is 0. The van der Waals surface area contributed by atoms with Crippen LogP contribution in [0.5, 0.6) is 0 Å². The Labute approximate surface area is 152 Å². The zero-order valence-electron chi connectivity index (χ0n) is 15.8. The summed E-state index contributed by atoms with van der Waals surface area (Å²) in [6, 6.07) is 0. The third-order valence-electron chi connectivity index (χ3n) is 5.18. The minimum absolute atomic E-state index is 0.00353. The smallest absolute Gasteiger partial charge is 0.310 e. The fourth-order valence-corrected chi connectivity index (χ4v) is 3.53. The van der Waals surface area contributed by atoms with E-state index in [4.69, 9.17) is 9.47 Å². The third kappa shape index (κ3) is 3.52. The summed E-state index contributed by atoms with van der Waals surface area (Å²) in [6.07, 6.45) is 3.94. The van der Waals surface area contributed by atoms with Gasteiger partial charge in [0, 0.05) is 12.7 Å². The second-order valence-electron chi connectivity index (χ2n) is 7.12. The summed E-state index contributed by atoms with van der Waals surface area (Å²) in [5.41, 5.74) is -0.942. The van der Waals surface area contributed by atoms with Crippen molar-refractivity contribution in [2.45, 2.75) is 47.3 Å². The minimum atomic E-state index is -1.30. The molecule has 0 heterocycles. The van der Waals surface area contributed by atoms with Crippen molar-refractivity contribution in [3.05, 3.63) is 46.3 Å². The van der Waals surface area contributed by atoms with Gasteiger partial charge in [0.1, 0.15) is 12.4 Å². The highest BCUT2D eigenvalue weighted by atomic mass is 19.2. The van der Waals surface area contributed by atoms with Gasteiger partial charge in [-0.3, -0.25) is 4.79 Å². The molecule has 6 heteroatoms. The van der Waals surface area contributed by atoms with Gasteiger partial charge in [0.05, 0.1) is 18.1 Å². The van der Waals surface area contributed by atoms with E-state index in [0.717, 1.165) is 0 Å². The number of rotatable bonds is 7. The lowest BCUT2D eigenvalue weighted by atomic mass is 10.00. The summed E-state index contributed by atoms with van der Waals surface area (Å²) >= 11 is 0. The molecule has 0 amide bonds. The van der Waals surface area contributed by atoms with Crippen molar-refractivity contribution in [2.75, 3.05) is 7.11 Å². The number of esters is 1. The normalized spacial score (nSPS) is 21.2. The molecule has 3 nitrogen and oxygen atoms in total. The molecule has 1 aromatic carbocycles. The first kappa shape index (κ1) is 20.5. The summed E-state index contributed by atoms with van der Waals surface area (Å²) < 4.78 is 53.1. The van der Waals surface area contributed by atoms with E-state index >= 15 is 0 Å². The van der Waals surface area contributed by atoms with Crippen LogP contribution in [0.15, 0.2) is 12.2 Å². The quantitative estimate of drug-likeness (QED) is 0.396. The van der Waals surface area contributed by atoms with Crippen LogP contribution < -0.4 is 0 Å². The molecule has 0 unspecified atom stereocenters. The Kier molecular flexibility index (Phi) is 6.17. The molecule has 1 aromatic rings. The zero-order valence-corrected chi connectivity index (χ0v) is 15.8. The Balaban J connectivity index is 2.24. The molecule has 2 rings (SSSR count). The minimum Gasteiger partial charge on any atom is -0.460 e. The number of hydrogen-bond acceptors (Lipinski definition) is 3. The maximum Gasteiger partial charge on any atom is 0.310 e. The zero-order chi connectivity index (χ0) is 19.6. The van der Waals surface area contributed by atoms with E-state index in [2.05, 4.69) is 0 Å². The molecule has 0 spiro atoms. The molecular formula is C20H25F3O3. The molecular weight excluding hydrogens is 345 g/mol. The lowest BCUT2D eigenvalue weighted by molar-refractivity contribution is -0.147. The van der Waals surface area contributed by atoms with Crippen molar-refractivity contribution in [1.82, 2.24) is 0 Å². The number of ether oxygens (including phenoxy) is 2. The number of halogens is 3. The van der Waals surface area contributed by atoms with E-state index in [1.807, 2.05) is 32.9 Å². The van der Waals surface area contributed by atoms with Gasteiger partial charge in [-0.25, -0.2) is 13.2 Å². The summed E-state index contributed by atoms with van der Waals surface area (Å²) in [4.78, 5) is 12.3. The van der Waals surface area contributed by atoms with Gasteiger partial charge in [-0.05, 0) is 30.2 Å². The molecule has 0 aromatic heterocycles. The van der Waals surface area contributed by atoms with Gasteiger partial charge in [0.15, 0.2) is 11.6 Å². The summed E-state index contributed by atoms with van der Waals surface area (Å²) in [5.74, 6) is -4.11. The van der Waals surface area contributed by atoms with E-state index in [9.17, 15) is 18.0 Å². The average Bonchev–Trinajstić information content (AvgIpc) is 3.14. The highest BCUT2D eigenvalue weighted by molar-refractivity contribution is 5.78.